The molecule has 1 rings (SSSR count). The second-order valence-corrected chi connectivity index (χ2v) is 4.73. The van der Waals surface area contributed by atoms with Crippen molar-refractivity contribution in [2.45, 2.75) is 18.0 Å². The Morgan fingerprint density at radius 2 is 1.88 bits per heavy atom. The van der Waals surface area contributed by atoms with Gasteiger partial charge in [-0.1, -0.05) is 6.07 Å². The van der Waals surface area contributed by atoms with Gasteiger partial charge in [-0.2, -0.15) is 18.0 Å². The molecule has 90 valence electrons. The highest BCUT2D eigenvalue weighted by Gasteiger charge is 2.34. The highest BCUT2D eigenvalue weighted by atomic mass is 32.2. The van der Waals surface area contributed by atoms with Crippen molar-refractivity contribution >= 4 is 10.0 Å². The molecule has 0 radical (unpaired) electrons. The van der Waals surface area contributed by atoms with Gasteiger partial charge < -0.3 is 0 Å². The Hall–Kier alpha value is -1.12. The van der Waals surface area contributed by atoms with Gasteiger partial charge in [-0.05, 0) is 24.6 Å². The molecule has 3 N–H and O–H groups in total. The van der Waals surface area contributed by atoms with Crippen molar-refractivity contribution in [1.29, 1.82) is 0 Å². The lowest BCUT2D eigenvalue weighted by Gasteiger charge is -2.13. The van der Waals surface area contributed by atoms with E-state index in [1.54, 1.807) is 0 Å². The second-order valence-electron chi connectivity index (χ2n) is 3.05. The number of alkyl halides is 3. The largest absolute Gasteiger partial charge is 0.416 e. The van der Waals surface area contributed by atoms with E-state index in [0.29, 0.717) is 0 Å². The van der Waals surface area contributed by atoms with Gasteiger partial charge in [0.25, 0.3) is 10.0 Å². The Bertz CT molecular complexity index is 496. The zero-order chi connectivity index (χ0) is 12.6. The third-order valence-corrected chi connectivity index (χ3v) is 3.37. The number of hydrogen-bond acceptors (Lipinski definition) is 3. The maximum absolute atomic E-state index is 12.5. The van der Waals surface area contributed by atoms with E-state index in [1.807, 2.05) is 0 Å². The molecular formula is C8H9F3N2O2S. The van der Waals surface area contributed by atoms with Crippen LogP contribution in [-0.2, 0) is 16.2 Å². The van der Waals surface area contributed by atoms with Crippen LogP contribution in [-0.4, -0.2) is 8.42 Å². The molecule has 0 atom stereocenters. The summed E-state index contributed by atoms with van der Waals surface area (Å²) in [6.45, 7) is 1.08. The molecule has 0 amide bonds. The van der Waals surface area contributed by atoms with Gasteiger partial charge in [0.1, 0.15) is 0 Å². The van der Waals surface area contributed by atoms with Crippen molar-refractivity contribution in [1.82, 2.24) is 4.83 Å². The number of sulfonamides is 1. The zero-order valence-electron chi connectivity index (χ0n) is 8.17. The smallest absolute Gasteiger partial charge is 0.257 e. The molecule has 0 fully saturated rings. The van der Waals surface area contributed by atoms with Gasteiger partial charge in [-0.3, -0.25) is 5.84 Å². The van der Waals surface area contributed by atoms with Crippen molar-refractivity contribution in [3.63, 3.8) is 0 Å². The predicted octanol–water partition coefficient (Wildman–Crippen LogP) is 1.17. The minimum Gasteiger partial charge on any atom is -0.257 e. The summed E-state index contributed by atoms with van der Waals surface area (Å²) in [6, 6.07) is 2.88. The quantitative estimate of drug-likeness (QED) is 0.614. The van der Waals surface area contributed by atoms with Gasteiger partial charge in [0.2, 0.25) is 0 Å². The lowest BCUT2D eigenvalue weighted by Crippen LogP contribution is -2.31. The number of nitrogens with two attached hydrogens (primary N) is 1. The van der Waals surface area contributed by atoms with Crippen LogP contribution in [0.4, 0.5) is 13.2 Å². The summed E-state index contributed by atoms with van der Waals surface area (Å²) in [6.07, 6.45) is -4.59. The average molecular weight is 254 g/mol. The first-order chi connectivity index (χ1) is 7.20. The molecule has 0 aromatic heterocycles. The van der Waals surface area contributed by atoms with Crippen molar-refractivity contribution in [2.24, 2.45) is 5.84 Å². The van der Waals surface area contributed by atoms with Crippen LogP contribution >= 0.6 is 0 Å². The third kappa shape index (κ3) is 2.34. The number of nitrogens with one attached hydrogen (secondary N) is 1. The summed E-state index contributed by atoms with van der Waals surface area (Å²) in [4.78, 5) is 1.00. The molecule has 0 heterocycles. The lowest BCUT2D eigenvalue weighted by atomic mass is 10.1. The number of hydrogen-bond donors (Lipinski definition) is 2. The summed E-state index contributed by atoms with van der Waals surface area (Å²) in [5.41, 5.74) is -1.38. The van der Waals surface area contributed by atoms with E-state index in [1.165, 1.54) is 4.83 Å². The third-order valence-electron chi connectivity index (χ3n) is 2.03. The molecule has 0 aliphatic rings. The maximum atomic E-state index is 12.5. The van der Waals surface area contributed by atoms with E-state index in [2.05, 4.69) is 0 Å². The molecule has 0 saturated heterocycles. The molecule has 1 aromatic carbocycles. The van der Waals surface area contributed by atoms with Crippen LogP contribution in [0.25, 0.3) is 0 Å². The maximum Gasteiger partial charge on any atom is 0.416 e. The highest BCUT2D eigenvalue weighted by molar-refractivity contribution is 7.89. The van der Waals surface area contributed by atoms with Gasteiger partial charge in [-0.25, -0.2) is 8.42 Å². The Morgan fingerprint density at radius 3 is 2.31 bits per heavy atom. The molecule has 1 aromatic rings. The van der Waals surface area contributed by atoms with Gasteiger partial charge in [0.15, 0.2) is 0 Å². The van der Waals surface area contributed by atoms with Crippen LogP contribution in [0.15, 0.2) is 23.1 Å². The van der Waals surface area contributed by atoms with E-state index in [0.717, 1.165) is 25.1 Å². The summed E-state index contributed by atoms with van der Waals surface area (Å²) in [7, 11) is -4.08. The number of benzene rings is 1. The van der Waals surface area contributed by atoms with Crippen molar-refractivity contribution in [3.05, 3.63) is 29.3 Å². The van der Waals surface area contributed by atoms with Gasteiger partial charge >= 0.3 is 6.18 Å². The monoisotopic (exact) mass is 254 g/mol. The Labute approximate surface area is 90.3 Å². The van der Waals surface area contributed by atoms with Crippen LogP contribution in [0.2, 0.25) is 0 Å². The Balaban J connectivity index is 3.48. The second kappa shape index (κ2) is 4.04. The van der Waals surface area contributed by atoms with Crippen LogP contribution in [0, 0.1) is 6.92 Å². The summed E-state index contributed by atoms with van der Waals surface area (Å²) >= 11 is 0. The van der Waals surface area contributed by atoms with Crippen LogP contribution in [0.1, 0.15) is 11.1 Å². The molecule has 0 unspecified atom stereocenters. The van der Waals surface area contributed by atoms with E-state index >= 15 is 0 Å². The van der Waals surface area contributed by atoms with Crippen LogP contribution in [0.3, 0.4) is 0 Å². The molecule has 8 heteroatoms. The SMILES string of the molecule is Cc1c(C(F)(F)F)cccc1S(=O)(=O)NN. The minimum atomic E-state index is -4.59. The first-order valence-electron chi connectivity index (χ1n) is 4.09. The average Bonchev–Trinajstić information content (AvgIpc) is 2.16. The number of hydrazine groups is 1. The first kappa shape index (κ1) is 12.9. The molecule has 0 aliphatic heterocycles. The van der Waals surface area contributed by atoms with Gasteiger partial charge in [-0.15, -0.1) is 0 Å². The fourth-order valence-electron chi connectivity index (χ4n) is 1.28. The molecule has 4 nitrogen and oxygen atoms in total. The predicted molar refractivity (Wildman–Crippen MR) is 50.7 cm³/mol. The molecule has 16 heavy (non-hydrogen) atoms. The Kier molecular flexibility index (Phi) is 3.27. The fourth-order valence-corrected chi connectivity index (χ4v) is 2.17. The van der Waals surface area contributed by atoms with E-state index < -0.39 is 26.7 Å². The van der Waals surface area contributed by atoms with Crippen molar-refractivity contribution in [2.75, 3.05) is 0 Å². The van der Waals surface area contributed by atoms with E-state index in [4.69, 9.17) is 5.84 Å². The normalized spacial score (nSPS) is 12.8. The standard InChI is InChI=1S/C8H9F3N2O2S/c1-5-6(8(9,10)11)3-2-4-7(5)16(14,15)13-12/h2-4,13H,12H2,1H3. The van der Waals surface area contributed by atoms with Gasteiger partial charge in [0, 0.05) is 0 Å². The van der Waals surface area contributed by atoms with Gasteiger partial charge in [0.05, 0.1) is 10.5 Å². The lowest BCUT2D eigenvalue weighted by molar-refractivity contribution is -0.138. The minimum absolute atomic E-state index is 0.382. The van der Waals surface area contributed by atoms with E-state index in [9.17, 15) is 21.6 Å². The first-order valence-corrected chi connectivity index (χ1v) is 5.57. The molecule has 0 spiro atoms. The fraction of sp³-hybridized carbons (Fsp3) is 0.250. The zero-order valence-corrected chi connectivity index (χ0v) is 8.98. The number of rotatable bonds is 2. The topological polar surface area (TPSA) is 72.2 Å². The molecule has 0 aliphatic carbocycles. The molecule has 0 saturated carbocycles. The summed E-state index contributed by atoms with van der Waals surface area (Å²) in [5.74, 6) is 4.75. The molecule has 0 bridgehead atoms. The number of halogens is 3. The summed E-state index contributed by atoms with van der Waals surface area (Å²) < 4.78 is 60.0. The van der Waals surface area contributed by atoms with E-state index in [-0.39, 0.29) is 5.56 Å². The summed E-state index contributed by atoms with van der Waals surface area (Å²) in [5, 5.41) is 0. The van der Waals surface area contributed by atoms with Crippen molar-refractivity contribution < 1.29 is 21.6 Å². The highest BCUT2D eigenvalue weighted by Crippen LogP contribution is 2.33. The van der Waals surface area contributed by atoms with Crippen LogP contribution in [0.5, 0.6) is 0 Å². The van der Waals surface area contributed by atoms with Crippen LogP contribution < -0.4 is 10.7 Å². The molecular weight excluding hydrogens is 245 g/mol. The Morgan fingerprint density at radius 1 is 1.31 bits per heavy atom. The van der Waals surface area contributed by atoms with Crippen molar-refractivity contribution in [3.8, 4) is 0 Å².